The van der Waals surface area contributed by atoms with E-state index in [1.807, 2.05) is 0 Å². The molecular formula is C7H10BNO3. The molecule has 0 bridgehead atoms. The predicted molar refractivity (Wildman–Crippen MR) is 46.6 cm³/mol. The fraction of sp³-hybridized carbons (Fsp3) is 0.143. The van der Waals surface area contributed by atoms with Crippen LogP contribution in [0.2, 0.25) is 0 Å². The lowest BCUT2D eigenvalue weighted by molar-refractivity contribution is 0.283. The minimum absolute atomic E-state index is 0.248. The summed E-state index contributed by atoms with van der Waals surface area (Å²) in [5.41, 5.74) is 6.47. The van der Waals surface area contributed by atoms with Crippen LogP contribution in [0.1, 0.15) is 5.56 Å². The van der Waals surface area contributed by atoms with E-state index in [0.29, 0.717) is 11.3 Å². The molecule has 12 heavy (non-hydrogen) atoms. The van der Waals surface area contributed by atoms with E-state index in [1.54, 1.807) is 12.1 Å². The largest absolute Gasteiger partial charge is 0.488 e. The van der Waals surface area contributed by atoms with Crippen molar-refractivity contribution in [3.8, 4) is 0 Å². The maximum Gasteiger partial charge on any atom is 0.488 e. The molecule has 64 valence electrons. The van der Waals surface area contributed by atoms with Crippen molar-refractivity contribution < 1.29 is 15.2 Å². The first-order valence-corrected chi connectivity index (χ1v) is 3.51. The average Bonchev–Trinajstić information content (AvgIpc) is 2.03. The number of nitrogens with two attached hydrogens (primary N) is 1. The predicted octanol–water partition coefficient (Wildman–Crippen LogP) is -1.56. The standard InChI is InChI=1S/C7H10BNO3/c9-7-3-1-2-6(8(11)12)5(7)4-10/h1-3,10-12H,4,9H2. The van der Waals surface area contributed by atoms with Crippen LogP contribution in [-0.4, -0.2) is 22.3 Å². The Morgan fingerprint density at radius 3 is 2.42 bits per heavy atom. The van der Waals surface area contributed by atoms with E-state index in [9.17, 15) is 0 Å². The molecule has 0 spiro atoms. The van der Waals surface area contributed by atoms with E-state index in [4.69, 9.17) is 20.9 Å². The molecule has 0 heterocycles. The monoisotopic (exact) mass is 167 g/mol. The van der Waals surface area contributed by atoms with Crippen LogP contribution in [0.4, 0.5) is 5.69 Å². The quantitative estimate of drug-likeness (QED) is 0.317. The van der Waals surface area contributed by atoms with Crippen molar-refractivity contribution in [3.63, 3.8) is 0 Å². The highest BCUT2D eigenvalue weighted by molar-refractivity contribution is 6.59. The Hall–Kier alpha value is -1.04. The third-order valence-electron chi connectivity index (χ3n) is 1.68. The molecule has 5 heteroatoms. The number of hydrogen-bond donors (Lipinski definition) is 4. The molecule has 0 saturated heterocycles. The van der Waals surface area contributed by atoms with Gasteiger partial charge in [-0.05, 0) is 11.5 Å². The van der Waals surface area contributed by atoms with Crippen LogP contribution < -0.4 is 11.2 Å². The van der Waals surface area contributed by atoms with Crippen LogP contribution in [0.3, 0.4) is 0 Å². The highest BCUT2D eigenvalue weighted by Gasteiger charge is 2.16. The fourth-order valence-corrected chi connectivity index (χ4v) is 1.05. The van der Waals surface area contributed by atoms with Crippen molar-refractivity contribution in [2.24, 2.45) is 0 Å². The van der Waals surface area contributed by atoms with Crippen LogP contribution in [0.25, 0.3) is 0 Å². The van der Waals surface area contributed by atoms with Gasteiger partial charge in [-0.15, -0.1) is 0 Å². The molecule has 1 rings (SSSR count). The van der Waals surface area contributed by atoms with Gasteiger partial charge < -0.3 is 20.9 Å². The van der Waals surface area contributed by atoms with Gasteiger partial charge in [0.05, 0.1) is 6.61 Å². The third-order valence-corrected chi connectivity index (χ3v) is 1.68. The summed E-state index contributed by atoms with van der Waals surface area (Å²) in [7, 11) is -1.59. The minimum Gasteiger partial charge on any atom is -0.423 e. The SMILES string of the molecule is Nc1cccc(B(O)O)c1CO. The summed E-state index contributed by atoms with van der Waals surface area (Å²) in [6.45, 7) is -0.292. The molecule has 0 atom stereocenters. The Morgan fingerprint density at radius 1 is 1.33 bits per heavy atom. The molecule has 1 aromatic rings. The first-order valence-electron chi connectivity index (χ1n) is 3.51. The van der Waals surface area contributed by atoms with E-state index >= 15 is 0 Å². The summed E-state index contributed by atoms with van der Waals surface area (Å²) in [6.07, 6.45) is 0. The van der Waals surface area contributed by atoms with E-state index in [-0.39, 0.29) is 12.1 Å². The maximum absolute atomic E-state index is 8.85. The number of aliphatic hydroxyl groups excluding tert-OH is 1. The molecule has 0 aromatic heterocycles. The van der Waals surface area contributed by atoms with Crippen LogP contribution in [0.15, 0.2) is 18.2 Å². The van der Waals surface area contributed by atoms with E-state index in [0.717, 1.165) is 0 Å². The highest BCUT2D eigenvalue weighted by atomic mass is 16.4. The molecule has 4 nitrogen and oxygen atoms in total. The Bertz CT molecular complexity index is 277. The lowest BCUT2D eigenvalue weighted by atomic mass is 9.77. The molecule has 5 N–H and O–H groups in total. The lowest BCUT2D eigenvalue weighted by Crippen LogP contribution is -2.33. The van der Waals surface area contributed by atoms with Crippen LogP contribution in [-0.2, 0) is 6.61 Å². The average molecular weight is 167 g/mol. The summed E-state index contributed by atoms with van der Waals surface area (Å²) in [5.74, 6) is 0. The first-order chi connectivity index (χ1) is 5.66. The normalized spacial score (nSPS) is 9.92. The summed E-state index contributed by atoms with van der Waals surface area (Å²) in [4.78, 5) is 0. The summed E-state index contributed by atoms with van der Waals surface area (Å²) in [5, 5.41) is 26.5. The Kier molecular flexibility index (Phi) is 2.70. The van der Waals surface area contributed by atoms with Gasteiger partial charge >= 0.3 is 7.12 Å². The van der Waals surface area contributed by atoms with Gasteiger partial charge in [-0.25, -0.2) is 0 Å². The van der Waals surface area contributed by atoms with E-state index in [1.165, 1.54) is 6.07 Å². The molecule has 0 amide bonds. The lowest BCUT2D eigenvalue weighted by Gasteiger charge is -2.08. The molecule has 0 aliphatic rings. The van der Waals surface area contributed by atoms with Gasteiger partial charge in [0.15, 0.2) is 0 Å². The van der Waals surface area contributed by atoms with Crippen molar-refractivity contribution in [2.75, 3.05) is 5.73 Å². The number of rotatable bonds is 2. The van der Waals surface area contributed by atoms with Crippen molar-refractivity contribution in [3.05, 3.63) is 23.8 Å². The van der Waals surface area contributed by atoms with Crippen LogP contribution in [0.5, 0.6) is 0 Å². The van der Waals surface area contributed by atoms with Crippen molar-refractivity contribution in [1.29, 1.82) is 0 Å². The van der Waals surface area contributed by atoms with Crippen molar-refractivity contribution in [1.82, 2.24) is 0 Å². The van der Waals surface area contributed by atoms with Crippen LogP contribution in [0, 0.1) is 0 Å². The second kappa shape index (κ2) is 3.58. The summed E-state index contributed by atoms with van der Waals surface area (Å²) in [6, 6.07) is 4.70. The van der Waals surface area contributed by atoms with Crippen molar-refractivity contribution in [2.45, 2.75) is 6.61 Å². The Labute approximate surface area is 70.4 Å². The second-order valence-electron chi connectivity index (χ2n) is 2.45. The number of nitrogen functional groups attached to an aromatic ring is 1. The maximum atomic E-state index is 8.85. The summed E-state index contributed by atoms with van der Waals surface area (Å²) >= 11 is 0. The smallest absolute Gasteiger partial charge is 0.423 e. The van der Waals surface area contributed by atoms with Gasteiger partial charge in [0.2, 0.25) is 0 Å². The van der Waals surface area contributed by atoms with Gasteiger partial charge in [0.1, 0.15) is 0 Å². The Balaban J connectivity index is 3.18. The topological polar surface area (TPSA) is 86.7 Å². The highest BCUT2D eigenvalue weighted by Crippen LogP contribution is 2.08. The molecule has 0 fully saturated rings. The van der Waals surface area contributed by atoms with Crippen molar-refractivity contribution >= 4 is 18.3 Å². The number of benzene rings is 1. The van der Waals surface area contributed by atoms with Gasteiger partial charge in [-0.3, -0.25) is 0 Å². The zero-order valence-electron chi connectivity index (χ0n) is 6.44. The number of anilines is 1. The molecule has 0 radical (unpaired) electrons. The molecular weight excluding hydrogens is 157 g/mol. The van der Waals surface area contributed by atoms with Gasteiger partial charge in [-0.1, -0.05) is 12.1 Å². The van der Waals surface area contributed by atoms with Gasteiger partial charge in [0, 0.05) is 11.3 Å². The first kappa shape index (κ1) is 9.06. The third kappa shape index (κ3) is 1.58. The Morgan fingerprint density at radius 2 is 2.00 bits per heavy atom. The number of hydrogen-bond acceptors (Lipinski definition) is 4. The molecule has 0 aliphatic carbocycles. The van der Waals surface area contributed by atoms with E-state index < -0.39 is 7.12 Å². The van der Waals surface area contributed by atoms with Gasteiger partial charge in [-0.2, -0.15) is 0 Å². The molecule has 0 aliphatic heterocycles. The minimum atomic E-state index is -1.59. The fourth-order valence-electron chi connectivity index (χ4n) is 1.05. The second-order valence-corrected chi connectivity index (χ2v) is 2.45. The van der Waals surface area contributed by atoms with E-state index in [2.05, 4.69) is 0 Å². The van der Waals surface area contributed by atoms with Gasteiger partial charge in [0.25, 0.3) is 0 Å². The molecule has 0 unspecified atom stereocenters. The number of aliphatic hydroxyl groups is 1. The zero-order valence-corrected chi connectivity index (χ0v) is 6.44. The zero-order chi connectivity index (χ0) is 9.14. The molecule has 1 aromatic carbocycles. The van der Waals surface area contributed by atoms with Crippen LogP contribution >= 0.6 is 0 Å². The summed E-state index contributed by atoms with van der Waals surface area (Å²) < 4.78 is 0. The molecule has 0 saturated carbocycles.